The Morgan fingerprint density at radius 2 is 1.92 bits per heavy atom. The van der Waals surface area contributed by atoms with Crippen LogP contribution in [0.1, 0.15) is 43.2 Å². The number of aryl methyl sites for hydroxylation is 1. The van der Waals surface area contributed by atoms with Crippen molar-refractivity contribution in [3.63, 3.8) is 0 Å². The van der Waals surface area contributed by atoms with E-state index in [0.717, 1.165) is 12.1 Å². The van der Waals surface area contributed by atoms with Gasteiger partial charge in [-0.1, -0.05) is 61.2 Å². The highest BCUT2D eigenvalue weighted by molar-refractivity contribution is 7.80. The number of hydrogen-bond acceptors (Lipinski definition) is 2. The van der Waals surface area contributed by atoms with Crippen molar-refractivity contribution < 1.29 is 0 Å². The number of halogens is 1. The van der Waals surface area contributed by atoms with Gasteiger partial charge in [-0.2, -0.15) is 0 Å². The molecule has 0 bridgehead atoms. The normalized spacial score (nSPS) is 16.2. The van der Waals surface area contributed by atoms with Crippen LogP contribution in [0.2, 0.25) is 5.02 Å². The van der Waals surface area contributed by atoms with Crippen molar-refractivity contribution in [2.75, 3.05) is 11.9 Å². The Balaban J connectivity index is 1.68. The Morgan fingerprint density at radius 3 is 2.60 bits per heavy atom. The van der Waals surface area contributed by atoms with Crippen molar-refractivity contribution in [3.8, 4) is 0 Å². The summed E-state index contributed by atoms with van der Waals surface area (Å²) in [5.74, 6) is 0.599. The minimum Gasteiger partial charge on any atom is -0.362 e. The Morgan fingerprint density at radius 1 is 1.20 bits per heavy atom. The lowest BCUT2D eigenvalue weighted by molar-refractivity contribution is 0.292. The molecule has 1 aromatic carbocycles. The van der Waals surface area contributed by atoms with Crippen LogP contribution in [0.15, 0.2) is 42.6 Å². The summed E-state index contributed by atoms with van der Waals surface area (Å²) in [7, 11) is 0. The van der Waals surface area contributed by atoms with Crippen LogP contribution in [0.5, 0.6) is 0 Å². The first kappa shape index (κ1) is 18.2. The zero-order valence-electron chi connectivity index (χ0n) is 14.5. The van der Waals surface area contributed by atoms with Gasteiger partial charge in [0.2, 0.25) is 0 Å². The second-order valence-electron chi connectivity index (χ2n) is 6.86. The summed E-state index contributed by atoms with van der Waals surface area (Å²) in [4.78, 5) is 4.32. The van der Waals surface area contributed by atoms with Gasteiger partial charge in [0.05, 0.1) is 5.02 Å². The minimum absolute atomic E-state index is 0.149. The SMILES string of the molecule is Cc1cnc(NC(=S)NCC2(c3ccccc3)CCCCC2)c(Cl)c1. The van der Waals surface area contributed by atoms with E-state index in [1.54, 1.807) is 6.20 Å². The molecular formula is C20H24ClN3S. The summed E-state index contributed by atoms with van der Waals surface area (Å²) >= 11 is 11.7. The van der Waals surface area contributed by atoms with Crippen molar-refractivity contribution >= 4 is 34.7 Å². The van der Waals surface area contributed by atoms with E-state index >= 15 is 0 Å². The average Bonchev–Trinajstić information content (AvgIpc) is 2.64. The van der Waals surface area contributed by atoms with Gasteiger partial charge in [0.1, 0.15) is 0 Å². The molecule has 5 heteroatoms. The van der Waals surface area contributed by atoms with Gasteiger partial charge in [0.15, 0.2) is 10.9 Å². The van der Waals surface area contributed by atoms with Crippen LogP contribution in [0, 0.1) is 6.92 Å². The van der Waals surface area contributed by atoms with Gasteiger partial charge in [0, 0.05) is 18.2 Å². The van der Waals surface area contributed by atoms with Gasteiger partial charge in [-0.25, -0.2) is 4.98 Å². The maximum absolute atomic E-state index is 6.23. The fourth-order valence-corrected chi connectivity index (χ4v) is 4.05. The van der Waals surface area contributed by atoms with E-state index < -0.39 is 0 Å². The van der Waals surface area contributed by atoms with Crippen molar-refractivity contribution in [1.29, 1.82) is 0 Å². The Labute approximate surface area is 160 Å². The van der Waals surface area contributed by atoms with Crippen molar-refractivity contribution in [3.05, 3.63) is 58.7 Å². The smallest absolute Gasteiger partial charge is 0.172 e. The Kier molecular flexibility index (Phi) is 5.92. The molecule has 0 unspecified atom stereocenters. The highest BCUT2D eigenvalue weighted by Gasteiger charge is 2.33. The molecule has 0 radical (unpaired) electrons. The molecule has 0 amide bonds. The van der Waals surface area contributed by atoms with E-state index in [4.69, 9.17) is 23.8 Å². The van der Waals surface area contributed by atoms with Gasteiger partial charge in [-0.05, 0) is 49.2 Å². The predicted molar refractivity (Wildman–Crippen MR) is 109 cm³/mol. The van der Waals surface area contributed by atoms with E-state index in [-0.39, 0.29) is 5.41 Å². The second kappa shape index (κ2) is 8.15. The number of rotatable bonds is 4. The number of pyridine rings is 1. The number of anilines is 1. The molecular weight excluding hydrogens is 350 g/mol. The molecule has 1 fully saturated rings. The Hall–Kier alpha value is -1.65. The molecule has 3 rings (SSSR count). The average molecular weight is 374 g/mol. The molecule has 0 atom stereocenters. The van der Waals surface area contributed by atoms with Gasteiger partial charge in [0.25, 0.3) is 0 Å². The number of aromatic nitrogens is 1. The third kappa shape index (κ3) is 4.50. The first-order valence-electron chi connectivity index (χ1n) is 8.82. The van der Waals surface area contributed by atoms with Crippen LogP contribution >= 0.6 is 23.8 Å². The van der Waals surface area contributed by atoms with Crippen LogP contribution in [-0.4, -0.2) is 16.6 Å². The summed E-state index contributed by atoms with van der Waals surface area (Å²) in [5.41, 5.74) is 2.58. The van der Waals surface area contributed by atoms with E-state index in [9.17, 15) is 0 Å². The fourth-order valence-electron chi connectivity index (χ4n) is 3.61. The second-order valence-corrected chi connectivity index (χ2v) is 7.67. The topological polar surface area (TPSA) is 37.0 Å². The van der Waals surface area contributed by atoms with Crippen LogP contribution in [0.4, 0.5) is 5.82 Å². The summed E-state index contributed by atoms with van der Waals surface area (Å²) in [6, 6.07) is 12.7. The predicted octanol–water partition coefficient (Wildman–Crippen LogP) is 5.23. The monoisotopic (exact) mass is 373 g/mol. The quantitative estimate of drug-likeness (QED) is 0.719. The van der Waals surface area contributed by atoms with Crippen LogP contribution in [-0.2, 0) is 5.41 Å². The van der Waals surface area contributed by atoms with Crippen LogP contribution < -0.4 is 10.6 Å². The maximum atomic E-state index is 6.23. The number of nitrogens with zero attached hydrogens (tertiary/aromatic N) is 1. The van der Waals surface area contributed by atoms with Crippen LogP contribution in [0.3, 0.4) is 0 Å². The first-order chi connectivity index (χ1) is 12.1. The van der Waals surface area contributed by atoms with Gasteiger partial charge >= 0.3 is 0 Å². The molecule has 2 N–H and O–H groups in total. The third-order valence-electron chi connectivity index (χ3n) is 4.99. The lowest BCUT2D eigenvalue weighted by Gasteiger charge is -2.38. The zero-order chi connectivity index (χ0) is 17.7. The van der Waals surface area contributed by atoms with E-state index in [1.165, 1.54) is 37.7 Å². The zero-order valence-corrected chi connectivity index (χ0v) is 16.1. The molecule has 1 aliphatic carbocycles. The third-order valence-corrected chi connectivity index (χ3v) is 5.53. The van der Waals surface area contributed by atoms with Gasteiger partial charge in [-0.15, -0.1) is 0 Å². The largest absolute Gasteiger partial charge is 0.362 e. The summed E-state index contributed by atoms with van der Waals surface area (Å²) in [6.07, 6.45) is 8.01. The lowest BCUT2D eigenvalue weighted by atomic mass is 9.69. The van der Waals surface area contributed by atoms with E-state index in [2.05, 4.69) is 45.9 Å². The minimum atomic E-state index is 0.149. The molecule has 1 heterocycles. The lowest BCUT2D eigenvalue weighted by Crippen LogP contribution is -2.43. The number of nitrogens with one attached hydrogen (secondary N) is 2. The van der Waals surface area contributed by atoms with Crippen molar-refractivity contribution in [1.82, 2.24) is 10.3 Å². The molecule has 2 aromatic rings. The van der Waals surface area contributed by atoms with Crippen molar-refractivity contribution in [2.24, 2.45) is 0 Å². The Bertz CT molecular complexity index is 727. The molecule has 25 heavy (non-hydrogen) atoms. The summed E-state index contributed by atoms with van der Waals surface area (Å²) < 4.78 is 0. The number of benzene rings is 1. The van der Waals surface area contributed by atoms with Gasteiger partial charge < -0.3 is 10.6 Å². The molecule has 1 saturated carbocycles. The molecule has 0 saturated heterocycles. The molecule has 0 spiro atoms. The van der Waals surface area contributed by atoms with Crippen LogP contribution in [0.25, 0.3) is 0 Å². The number of thiocarbonyl (C=S) groups is 1. The number of hydrogen-bond donors (Lipinski definition) is 2. The molecule has 0 aliphatic heterocycles. The van der Waals surface area contributed by atoms with E-state index in [1.807, 2.05) is 13.0 Å². The van der Waals surface area contributed by atoms with Crippen molar-refractivity contribution in [2.45, 2.75) is 44.4 Å². The molecule has 1 aliphatic rings. The highest BCUT2D eigenvalue weighted by Crippen LogP contribution is 2.38. The molecule has 132 valence electrons. The molecule has 1 aromatic heterocycles. The van der Waals surface area contributed by atoms with Gasteiger partial charge in [-0.3, -0.25) is 0 Å². The highest BCUT2D eigenvalue weighted by atomic mass is 35.5. The summed E-state index contributed by atoms with van der Waals surface area (Å²) in [6.45, 7) is 2.79. The summed E-state index contributed by atoms with van der Waals surface area (Å²) in [5, 5.41) is 7.68. The maximum Gasteiger partial charge on any atom is 0.172 e. The fraction of sp³-hybridized carbons (Fsp3) is 0.400. The first-order valence-corrected chi connectivity index (χ1v) is 9.60. The van der Waals surface area contributed by atoms with E-state index in [0.29, 0.717) is 16.0 Å². The standard InChI is InChI=1S/C20H24ClN3S/c1-15-12-17(21)18(22-13-15)24-19(25)23-14-20(10-6-3-7-11-20)16-8-4-2-5-9-16/h2,4-5,8-9,12-13H,3,6-7,10-11,14H2,1H3,(H2,22,23,24,25). The molecule has 3 nitrogen and oxygen atoms in total.